The van der Waals surface area contributed by atoms with Gasteiger partial charge in [0.25, 0.3) is 0 Å². The number of hydrogen-bond acceptors (Lipinski definition) is 4. The lowest BCUT2D eigenvalue weighted by Crippen LogP contribution is -3.06. The average molecular weight is 365 g/mol. The van der Waals surface area contributed by atoms with Crippen LogP contribution in [0.3, 0.4) is 0 Å². The van der Waals surface area contributed by atoms with E-state index in [9.17, 15) is 0 Å². The van der Waals surface area contributed by atoms with E-state index in [2.05, 4.69) is 42.2 Å². The third-order valence-electron chi connectivity index (χ3n) is 3.94. The largest absolute Gasteiger partial charge is 0.454 e. The predicted octanol–water partition coefficient (Wildman–Crippen LogP) is 1.33. The standard InChI is InChI=1S/C17H21N3O2S2/c1-20(2)13(16-4-3-7-24-16)10-19-17(23)18-9-12-5-6-14-15(8-12)22-11-21-14/h3-8,13H,9-11H2,1-2H3,(H2,18,19,23)/p+1/t13-/m0/s1. The lowest BCUT2D eigenvalue weighted by Gasteiger charge is -2.21. The molecule has 1 aromatic carbocycles. The van der Waals surface area contributed by atoms with Crippen LogP contribution in [-0.4, -0.2) is 32.5 Å². The molecule has 0 amide bonds. The molecule has 3 rings (SSSR count). The molecule has 0 unspecified atom stereocenters. The van der Waals surface area contributed by atoms with E-state index in [1.807, 2.05) is 18.2 Å². The number of benzene rings is 1. The summed E-state index contributed by atoms with van der Waals surface area (Å²) in [6.07, 6.45) is 0. The Balaban J connectivity index is 1.49. The third kappa shape index (κ3) is 4.17. The van der Waals surface area contributed by atoms with Crippen LogP contribution in [-0.2, 0) is 6.54 Å². The van der Waals surface area contributed by atoms with Crippen LogP contribution in [0.4, 0.5) is 0 Å². The summed E-state index contributed by atoms with van der Waals surface area (Å²) in [6, 6.07) is 10.6. The lowest BCUT2D eigenvalue weighted by atomic mass is 10.2. The summed E-state index contributed by atoms with van der Waals surface area (Å²) in [7, 11) is 4.32. The van der Waals surface area contributed by atoms with E-state index in [-0.39, 0.29) is 0 Å². The first-order valence-corrected chi connectivity index (χ1v) is 9.16. The van der Waals surface area contributed by atoms with Crippen LogP contribution in [0.1, 0.15) is 16.5 Å². The van der Waals surface area contributed by atoms with Gasteiger partial charge in [0, 0.05) is 6.54 Å². The van der Waals surface area contributed by atoms with Crippen molar-refractivity contribution in [1.82, 2.24) is 10.6 Å². The van der Waals surface area contributed by atoms with Crippen molar-refractivity contribution in [3.63, 3.8) is 0 Å². The first-order chi connectivity index (χ1) is 11.6. The third-order valence-corrected chi connectivity index (χ3v) is 5.22. The van der Waals surface area contributed by atoms with Gasteiger partial charge < -0.3 is 25.0 Å². The Bertz CT molecular complexity index is 689. The van der Waals surface area contributed by atoms with Gasteiger partial charge in [0.05, 0.1) is 25.5 Å². The van der Waals surface area contributed by atoms with Crippen molar-refractivity contribution in [1.29, 1.82) is 0 Å². The number of quaternary nitrogens is 1. The monoisotopic (exact) mass is 364 g/mol. The summed E-state index contributed by atoms with van der Waals surface area (Å²) in [6.45, 7) is 1.75. The van der Waals surface area contributed by atoms with E-state index >= 15 is 0 Å². The van der Waals surface area contributed by atoms with Crippen molar-refractivity contribution < 1.29 is 14.4 Å². The van der Waals surface area contributed by atoms with Gasteiger partial charge in [0.15, 0.2) is 16.6 Å². The van der Waals surface area contributed by atoms with Crippen LogP contribution >= 0.6 is 23.6 Å². The average Bonchev–Trinajstić information content (AvgIpc) is 3.23. The van der Waals surface area contributed by atoms with Gasteiger partial charge in [-0.15, -0.1) is 11.3 Å². The maximum absolute atomic E-state index is 5.40. The van der Waals surface area contributed by atoms with E-state index in [1.165, 1.54) is 9.78 Å². The predicted molar refractivity (Wildman–Crippen MR) is 99.9 cm³/mol. The van der Waals surface area contributed by atoms with E-state index in [0.717, 1.165) is 23.6 Å². The fourth-order valence-electron chi connectivity index (χ4n) is 2.57. The number of thiocarbonyl (C=S) groups is 1. The molecule has 0 aliphatic carbocycles. The van der Waals surface area contributed by atoms with Crippen molar-refractivity contribution in [2.24, 2.45) is 0 Å². The zero-order valence-electron chi connectivity index (χ0n) is 13.8. The van der Waals surface area contributed by atoms with Crippen molar-refractivity contribution in [3.05, 3.63) is 46.2 Å². The van der Waals surface area contributed by atoms with Crippen molar-refractivity contribution >= 4 is 28.7 Å². The normalized spacial score (nSPS) is 13.8. The summed E-state index contributed by atoms with van der Waals surface area (Å²) in [5, 5.41) is 9.35. The Labute approximate surface area is 151 Å². The highest BCUT2D eigenvalue weighted by molar-refractivity contribution is 7.80. The number of hydrogen-bond donors (Lipinski definition) is 3. The van der Waals surface area contributed by atoms with Crippen LogP contribution < -0.4 is 25.0 Å². The number of ether oxygens (including phenoxy) is 2. The number of likely N-dealkylation sites (N-methyl/N-ethyl adjacent to an activating group) is 1. The Hall–Kier alpha value is -1.83. The summed E-state index contributed by atoms with van der Waals surface area (Å²) < 4.78 is 10.7. The van der Waals surface area contributed by atoms with E-state index in [4.69, 9.17) is 21.7 Å². The van der Waals surface area contributed by atoms with Gasteiger partial charge in [-0.25, -0.2) is 0 Å². The SMILES string of the molecule is C[NH+](C)[C@@H](CNC(=S)NCc1ccc2c(c1)OCO2)c1cccs1. The van der Waals surface area contributed by atoms with Crippen LogP contribution in [0.15, 0.2) is 35.7 Å². The molecule has 1 aromatic heterocycles. The molecule has 0 bridgehead atoms. The highest BCUT2D eigenvalue weighted by Gasteiger charge is 2.19. The zero-order chi connectivity index (χ0) is 16.9. The second-order valence-corrected chi connectivity index (χ2v) is 7.28. The molecule has 0 radical (unpaired) electrons. The number of thiophene rings is 1. The minimum atomic E-state index is 0.295. The Morgan fingerprint density at radius 1 is 1.25 bits per heavy atom. The van der Waals surface area contributed by atoms with Gasteiger partial charge >= 0.3 is 0 Å². The molecule has 1 aliphatic rings. The van der Waals surface area contributed by atoms with Crippen LogP contribution in [0, 0.1) is 0 Å². The van der Waals surface area contributed by atoms with Gasteiger partial charge in [-0.2, -0.15) is 0 Å². The molecule has 128 valence electrons. The number of nitrogens with one attached hydrogen (secondary N) is 3. The van der Waals surface area contributed by atoms with Gasteiger partial charge in [-0.05, 0) is 41.4 Å². The molecule has 3 N–H and O–H groups in total. The smallest absolute Gasteiger partial charge is 0.231 e. The minimum absolute atomic E-state index is 0.295. The summed E-state index contributed by atoms with van der Waals surface area (Å²) in [5.74, 6) is 1.59. The molecule has 0 spiro atoms. The first kappa shape index (κ1) is 17.0. The second-order valence-electron chi connectivity index (χ2n) is 5.90. The molecule has 2 aromatic rings. The van der Waals surface area contributed by atoms with Gasteiger partial charge in [-0.3, -0.25) is 0 Å². The molecule has 0 saturated carbocycles. The maximum atomic E-state index is 5.40. The molecule has 1 aliphatic heterocycles. The van der Waals surface area contributed by atoms with Crippen LogP contribution in [0.25, 0.3) is 0 Å². The minimum Gasteiger partial charge on any atom is -0.454 e. The molecule has 0 fully saturated rings. The Morgan fingerprint density at radius 2 is 2.08 bits per heavy atom. The second kappa shape index (κ2) is 7.83. The number of rotatable bonds is 6. The molecule has 2 heterocycles. The quantitative estimate of drug-likeness (QED) is 0.675. The topological polar surface area (TPSA) is 47.0 Å². The van der Waals surface area contributed by atoms with Gasteiger partial charge in [0.2, 0.25) is 6.79 Å². The first-order valence-electron chi connectivity index (χ1n) is 7.87. The maximum Gasteiger partial charge on any atom is 0.231 e. The Morgan fingerprint density at radius 3 is 2.83 bits per heavy atom. The molecule has 1 atom stereocenters. The molecule has 24 heavy (non-hydrogen) atoms. The van der Waals surface area contributed by atoms with Gasteiger partial charge in [0.1, 0.15) is 6.04 Å². The van der Waals surface area contributed by atoms with Gasteiger partial charge in [-0.1, -0.05) is 12.1 Å². The summed E-state index contributed by atoms with van der Waals surface area (Å²) in [5.41, 5.74) is 1.11. The van der Waals surface area contributed by atoms with Crippen LogP contribution in [0.5, 0.6) is 11.5 Å². The molecule has 5 nitrogen and oxygen atoms in total. The fourth-order valence-corrected chi connectivity index (χ4v) is 3.68. The molecule has 7 heteroatoms. The summed E-state index contributed by atoms with van der Waals surface area (Å²) in [4.78, 5) is 2.74. The molecular formula is C17H22N3O2S2+. The van der Waals surface area contributed by atoms with Crippen LogP contribution in [0.2, 0.25) is 0 Å². The van der Waals surface area contributed by atoms with E-state index < -0.39 is 0 Å². The van der Waals surface area contributed by atoms with Crippen molar-refractivity contribution in [2.45, 2.75) is 12.6 Å². The molecular weight excluding hydrogens is 342 g/mol. The summed E-state index contributed by atoms with van der Waals surface area (Å²) >= 11 is 7.19. The highest BCUT2D eigenvalue weighted by atomic mass is 32.1. The van der Waals surface area contributed by atoms with Crippen molar-refractivity contribution in [3.8, 4) is 11.5 Å². The highest BCUT2D eigenvalue weighted by Crippen LogP contribution is 2.32. The lowest BCUT2D eigenvalue weighted by molar-refractivity contribution is -0.890. The van der Waals surface area contributed by atoms with Crippen molar-refractivity contribution in [2.75, 3.05) is 27.4 Å². The van der Waals surface area contributed by atoms with E-state index in [0.29, 0.717) is 24.5 Å². The zero-order valence-corrected chi connectivity index (χ0v) is 15.4. The number of fused-ring (bicyclic) bond motifs is 1. The molecule has 0 saturated heterocycles. The fraction of sp³-hybridized carbons (Fsp3) is 0.353. The Kier molecular flexibility index (Phi) is 5.55. The van der Waals surface area contributed by atoms with E-state index in [1.54, 1.807) is 11.3 Å².